The van der Waals surface area contributed by atoms with Gasteiger partial charge >= 0.3 is 5.97 Å². The second-order valence-corrected chi connectivity index (χ2v) is 8.03. The number of rotatable bonds is 16. The highest BCUT2D eigenvalue weighted by Crippen LogP contribution is 2.21. The van der Waals surface area contributed by atoms with Crippen molar-refractivity contribution < 1.29 is 9.53 Å². The van der Waals surface area contributed by atoms with Crippen molar-refractivity contribution >= 4 is 23.3 Å². The molecule has 0 aromatic carbocycles. The first-order valence-corrected chi connectivity index (χ1v) is 11.2. The molecule has 0 radical (unpaired) electrons. The topological polar surface area (TPSA) is 74.4 Å². The van der Waals surface area contributed by atoms with Crippen molar-refractivity contribution in [2.24, 2.45) is 0 Å². The van der Waals surface area contributed by atoms with Gasteiger partial charge in [0.25, 0.3) is 0 Å². The number of carbonyl (C=O) groups excluding carboxylic acids is 1. The smallest absolute Gasteiger partial charge is 0.305 e. The van der Waals surface area contributed by atoms with Gasteiger partial charge < -0.3 is 4.74 Å². The molecule has 0 aromatic heterocycles. The van der Waals surface area contributed by atoms with Crippen molar-refractivity contribution in [3.05, 3.63) is 0 Å². The van der Waals surface area contributed by atoms with Crippen LogP contribution in [0.5, 0.6) is 0 Å². The number of hydrazine groups is 2. The molecule has 0 spiro atoms. The molecule has 158 valence electrons. The number of unbranched alkanes of at least 4 members (excludes halogenated alkanes) is 10. The highest BCUT2D eigenvalue weighted by atomic mass is 32.1. The molecule has 0 bridgehead atoms. The largest absolute Gasteiger partial charge is 0.469 e. The van der Waals surface area contributed by atoms with E-state index in [-0.39, 0.29) is 11.6 Å². The van der Waals surface area contributed by atoms with Gasteiger partial charge in [-0.05, 0) is 31.5 Å². The molecular formula is C20H40N4O2S. The van der Waals surface area contributed by atoms with Crippen molar-refractivity contribution in [2.45, 2.75) is 109 Å². The van der Waals surface area contributed by atoms with Gasteiger partial charge in [-0.25, -0.2) is 10.9 Å². The first-order chi connectivity index (χ1) is 13.1. The molecule has 1 heterocycles. The molecule has 27 heavy (non-hydrogen) atoms. The minimum absolute atomic E-state index is 0.104. The van der Waals surface area contributed by atoms with Gasteiger partial charge in [0.15, 0.2) is 5.11 Å². The molecule has 1 aliphatic heterocycles. The van der Waals surface area contributed by atoms with E-state index in [1.165, 1.54) is 58.5 Å². The highest BCUT2D eigenvalue weighted by molar-refractivity contribution is 7.80. The summed E-state index contributed by atoms with van der Waals surface area (Å²) in [4.78, 5) is 11.1. The Bertz CT molecular complexity index is 411. The summed E-state index contributed by atoms with van der Waals surface area (Å²) in [6.45, 7) is 2.26. The Morgan fingerprint density at radius 3 is 1.85 bits per heavy atom. The Morgan fingerprint density at radius 2 is 1.33 bits per heavy atom. The quantitative estimate of drug-likeness (QED) is 0.176. The molecule has 1 saturated heterocycles. The lowest BCUT2D eigenvalue weighted by Crippen LogP contribution is -2.73. The van der Waals surface area contributed by atoms with E-state index >= 15 is 0 Å². The predicted octanol–water partition coefficient (Wildman–Crippen LogP) is 4.21. The molecule has 0 amide bonds. The van der Waals surface area contributed by atoms with Crippen LogP contribution >= 0.6 is 12.2 Å². The van der Waals surface area contributed by atoms with Crippen LogP contribution < -0.4 is 21.7 Å². The molecule has 4 N–H and O–H groups in total. The maximum Gasteiger partial charge on any atom is 0.305 e. The van der Waals surface area contributed by atoms with E-state index in [2.05, 4.69) is 33.4 Å². The van der Waals surface area contributed by atoms with Crippen molar-refractivity contribution in [3.8, 4) is 0 Å². The van der Waals surface area contributed by atoms with Gasteiger partial charge in [0.05, 0.1) is 7.11 Å². The van der Waals surface area contributed by atoms with Gasteiger partial charge in [-0.1, -0.05) is 77.6 Å². The average Bonchev–Trinajstić information content (AvgIpc) is 2.68. The summed E-state index contributed by atoms with van der Waals surface area (Å²) in [7, 11) is 1.45. The number of methoxy groups -OCH3 is 1. The lowest BCUT2D eigenvalue weighted by atomic mass is 9.94. The fourth-order valence-corrected chi connectivity index (χ4v) is 3.60. The van der Waals surface area contributed by atoms with Crippen LogP contribution in [0.1, 0.15) is 103 Å². The monoisotopic (exact) mass is 400 g/mol. The van der Waals surface area contributed by atoms with E-state index in [0.29, 0.717) is 11.5 Å². The average molecular weight is 401 g/mol. The number of esters is 1. The number of hydrogen-bond acceptors (Lipinski definition) is 5. The fraction of sp³-hybridized carbons (Fsp3) is 0.900. The lowest BCUT2D eigenvalue weighted by Gasteiger charge is -2.41. The standard InChI is InChI=1S/C20H40N4O2S/c1-3-4-5-6-7-10-13-16-20(23-21-19(27)22-24-20)17-14-11-8-9-12-15-18(25)26-2/h23-24H,3-17H2,1-2H3,(H2,21,22,27). The molecule has 6 nitrogen and oxygen atoms in total. The van der Waals surface area contributed by atoms with E-state index in [9.17, 15) is 4.79 Å². The summed E-state index contributed by atoms with van der Waals surface area (Å²) in [6.07, 6.45) is 17.3. The zero-order chi connectivity index (χ0) is 19.8. The zero-order valence-electron chi connectivity index (χ0n) is 17.3. The normalized spacial score (nSPS) is 15.9. The summed E-state index contributed by atoms with van der Waals surface area (Å²) in [5, 5.41) is 0.591. The molecule has 0 aromatic rings. The summed E-state index contributed by atoms with van der Waals surface area (Å²) in [6, 6.07) is 0. The molecule has 1 fully saturated rings. The Kier molecular flexibility index (Phi) is 13.4. The maximum absolute atomic E-state index is 11.1. The van der Waals surface area contributed by atoms with Crippen LogP contribution in [-0.4, -0.2) is 23.9 Å². The van der Waals surface area contributed by atoms with Crippen molar-refractivity contribution in [1.29, 1.82) is 0 Å². The van der Waals surface area contributed by atoms with E-state index in [1.807, 2.05) is 0 Å². The first kappa shape index (κ1) is 24.1. The summed E-state index contributed by atoms with van der Waals surface area (Å²) >= 11 is 5.13. The Morgan fingerprint density at radius 1 is 0.852 bits per heavy atom. The van der Waals surface area contributed by atoms with Gasteiger partial charge in [-0.2, -0.15) is 0 Å². The molecule has 0 atom stereocenters. The third kappa shape index (κ3) is 11.5. The van der Waals surface area contributed by atoms with Crippen LogP contribution in [0.15, 0.2) is 0 Å². The lowest BCUT2D eigenvalue weighted by molar-refractivity contribution is -0.140. The van der Waals surface area contributed by atoms with Gasteiger partial charge in [0.1, 0.15) is 5.66 Å². The highest BCUT2D eigenvalue weighted by Gasteiger charge is 2.31. The number of hydrogen-bond donors (Lipinski definition) is 4. The van der Waals surface area contributed by atoms with Crippen molar-refractivity contribution in [1.82, 2.24) is 21.7 Å². The number of thiocarbonyl (C=S) groups is 1. The van der Waals surface area contributed by atoms with Crippen LogP contribution in [0.2, 0.25) is 0 Å². The van der Waals surface area contributed by atoms with Gasteiger partial charge in [-0.3, -0.25) is 15.6 Å². The predicted molar refractivity (Wildman–Crippen MR) is 115 cm³/mol. The molecule has 0 saturated carbocycles. The van der Waals surface area contributed by atoms with E-state index < -0.39 is 0 Å². The number of nitrogens with one attached hydrogen (secondary N) is 4. The number of ether oxygens (including phenoxy) is 1. The second-order valence-electron chi connectivity index (χ2n) is 7.63. The molecule has 7 heteroatoms. The SMILES string of the molecule is CCCCCCCCCC1(CCCCCCCC(=O)OC)NNC(=S)NN1. The third-order valence-corrected chi connectivity index (χ3v) is 5.45. The van der Waals surface area contributed by atoms with Crippen LogP contribution in [0, 0.1) is 0 Å². The molecule has 0 aliphatic carbocycles. The summed E-state index contributed by atoms with van der Waals surface area (Å²) < 4.78 is 4.67. The zero-order valence-corrected chi connectivity index (χ0v) is 18.1. The van der Waals surface area contributed by atoms with E-state index in [1.54, 1.807) is 0 Å². The fourth-order valence-electron chi connectivity index (χ4n) is 3.50. The van der Waals surface area contributed by atoms with Crippen LogP contribution in [0.4, 0.5) is 0 Å². The van der Waals surface area contributed by atoms with Gasteiger partial charge in [0.2, 0.25) is 0 Å². The Hall–Kier alpha value is -0.920. The van der Waals surface area contributed by atoms with E-state index in [4.69, 9.17) is 12.2 Å². The van der Waals surface area contributed by atoms with Crippen molar-refractivity contribution in [2.75, 3.05) is 7.11 Å². The Balaban J connectivity index is 2.20. The molecule has 0 unspecified atom stereocenters. The van der Waals surface area contributed by atoms with E-state index in [0.717, 1.165) is 38.5 Å². The third-order valence-electron chi connectivity index (χ3n) is 5.25. The van der Waals surface area contributed by atoms with Crippen LogP contribution in [0.25, 0.3) is 0 Å². The molecule has 1 rings (SSSR count). The summed E-state index contributed by atoms with van der Waals surface area (Å²) in [5.41, 5.74) is 12.8. The molecular weight excluding hydrogens is 360 g/mol. The first-order valence-electron chi connectivity index (χ1n) is 10.8. The van der Waals surface area contributed by atoms with Gasteiger partial charge in [-0.15, -0.1) is 0 Å². The summed E-state index contributed by atoms with van der Waals surface area (Å²) in [5.74, 6) is -0.104. The van der Waals surface area contributed by atoms with Crippen LogP contribution in [-0.2, 0) is 9.53 Å². The maximum atomic E-state index is 11.1. The van der Waals surface area contributed by atoms with Crippen LogP contribution in [0.3, 0.4) is 0 Å². The second kappa shape index (κ2) is 15.1. The minimum atomic E-state index is -0.141. The number of carbonyl (C=O) groups is 1. The van der Waals surface area contributed by atoms with Gasteiger partial charge in [0, 0.05) is 6.42 Å². The van der Waals surface area contributed by atoms with Crippen molar-refractivity contribution in [3.63, 3.8) is 0 Å². The minimum Gasteiger partial charge on any atom is -0.469 e. The Labute approximate surface area is 170 Å². The molecule has 1 aliphatic rings.